The van der Waals surface area contributed by atoms with E-state index in [0.717, 1.165) is 16.9 Å². The van der Waals surface area contributed by atoms with E-state index in [9.17, 15) is 0 Å². The molecule has 1 saturated heterocycles. The van der Waals surface area contributed by atoms with Crippen LogP contribution in [0.25, 0.3) is 0 Å². The lowest BCUT2D eigenvalue weighted by atomic mass is 9.92. The molecule has 1 unspecified atom stereocenters. The summed E-state index contributed by atoms with van der Waals surface area (Å²) in [6, 6.07) is 8.63. The van der Waals surface area contributed by atoms with E-state index in [1.165, 1.54) is 31.5 Å². The minimum absolute atomic E-state index is 0.0384. The Balaban J connectivity index is 1.91. The van der Waals surface area contributed by atoms with Crippen molar-refractivity contribution in [1.29, 1.82) is 0 Å². The third-order valence-electron chi connectivity index (χ3n) is 4.12. The van der Waals surface area contributed by atoms with Gasteiger partial charge in [0.25, 0.3) is 0 Å². The van der Waals surface area contributed by atoms with Gasteiger partial charge in [-0.1, -0.05) is 28.1 Å². The number of likely N-dealkylation sites (tertiary alicyclic amines) is 1. The Bertz CT molecular complexity index is 400. The number of rotatable bonds is 4. The SMILES string of the molecule is CN1CCCC(CNC(C)(C)c2ccc(Br)cc2)C1. The highest BCUT2D eigenvalue weighted by molar-refractivity contribution is 9.10. The molecule has 0 bridgehead atoms. The minimum Gasteiger partial charge on any atom is -0.308 e. The smallest absolute Gasteiger partial charge is 0.0377 e. The Kier molecular flexibility index (Phi) is 5.04. The molecular weight excluding hydrogens is 300 g/mol. The number of benzene rings is 1. The topological polar surface area (TPSA) is 15.3 Å². The standard InChI is InChI=1S/C16H25BrN2/c1-16(2,14-6-8-15(17)9-7-14)18-11-13-5-4-10-19(3)12-13/h6-9,13,18H,4-5,10-12H2,1-3H3. The minimum atomic E-state index is 0.0384. The highest BCUT2D eigenvalue weighted by Crippen LogP contribution is 2.23. The normalized spacial score (nSPS) is 21.6. The number of nitrogens with zero attached hydrogens (tertiary/aromatic N) is 1. The molecule has 1 N–H and O–H groups in total. The van der Waals surface area contributed by atoms with Crippen molar-refractivity contribution in [1.82, 2.24) is 10.2 Å². The van der Waals surface area contributed by atoms with E-state index < -0.39 is 0 Å². The maximum absolute atomic E-state index is 3.74. The fraction of sp³-hybridized carbons (Fsp3) is 0.625. The summed E-state index contributed by atoms with van der Waals surface area (Å²) in [6.45, 7) is 8.12. The van der Waals surface area contributed by atoms with Crippen LogP contribution < -0.4 is 5.32 Å². The fourth-order valence-electron chi connectivity index (χ4n) is 2.81. The Morgan fingerprint density at radius 1 is 1.32 bits per heavy atom. The van der Waals surface area contributed by atoms with Crippen LogP contribution in [0.2, 0.25) is 0 Å². The van der Waals surface area contributed by atoms with E-state index in [0.29, 0.717) is 0 Å². The second-order valence-corrected chi connectivity index (χ2v) is 7.20. The molecule has 0 saturated carbocycles. The first-order valence-electron chi connectivity index (χ1n) is 7.17. The number of hydrogen-bond donors (Lipinski definition) is 1. The monoisotopic (exact) mass is 324 g/mol. The molecule has 0 amide bonds. The van der Waals surface area contributed by atoms with Gasteiger partial charge in [-0.25, -0.2) is 0 Å². The summed E-state index contributed by atoms with van der Waals surface area (Å²) in [5, 5.41) is 3.74. The van der Waals surface area contributed by atoms with Crippen molar-refractivity contribution in [2.75, 3.05) is 26.7 Å². The molecule has 1 aliphatic heterocycles. The molecule has 1 aliphatic rings. The lowest BCUT2D eigenvalue weighted by Gasteiger charge is -2.34. The molecule has 0 spiro atoms. The summed E-state index contributed by atoms with van der Waals surface area (Å²) in [5.74, 6) is 0.786. The number of nitrogens with one attached hydrogen (secondary N) is 1. The molecular formula is C16H25BrN2. The van der Waals surface area contributed by atoms with Gasteiger partial charge in [-0.2, -0.15) is 0 Å². The summed E-state index contributed by atoms with van der Waals surface area (Å²) in [4.78, 5) is 2.45. The van der Waals surface area contributed by atoms with E-state index in [1.807, 2.05) is 0 Å². The summed E-state index contributed by atoms with van der Waals surface area (Å²) in [6.07, 6.45) is 2.69. The Hall–Kier alpha value is -0.380. The van der Waals surface area contributed by atoms with E-state index in [1.54, 1.807) is 0 Å². The number of hydrogen-bond acceptors (Lipinski definition) is 2. The van der Waals surface area contributed by atoms with Crippen molar-refractivity contribution >= 4 is 15.9 Å². The third-order valence-corrected chi connectivity index (χ3v) is 4.65. The van der Waals surface area contributed by atoms with Gasteiger partial charge in [0.1, 0.15) is 0 Å². The average molecular weight is 325 g/mol. The lowest BCUT2D eigenvalue weighted by molar-refractivity contribution is 0.195. The van der Waals surface area contributed by atoms with Crippen molar-refractivity contribution in [3.63, 3.8) is 0 Å². The molecule has 2 rings (SSSR count). The van der Waals surface area contributed by atoms with Gasteiger partial charge in [0, 0.05) is 16.6 Å². The maximum Gasteiger partial charge on any atom is 0.0377 e. The second-order valence-electron chi connectivity index (χ2n) is 6.28. The molecule has 0 radical (unpaired) electrons. The van der Waals surface area contributed by atoms with Gasteiger partial charge in [0.05, 0.1) is 0 Å². The number of piperidine rings is 1. The average Bonchev–Trinajstić information content (AvgIpc) is 2.37. The third kappa shape index (κ3) is 4.30. The predicted molar refractivity (Wildman–Crippen MR) is 85.4 cm³/mol. The van der Waals surface area contributed by atoms with Gasteiger partial charge < -0.3 is 10.2 Å². The van der Waals surface area contributed by atoms with Crippen molar-refractivity contribution in [3.8, 4) is 0 Å². The quantitative estimate of drug-likeness (QED) is 0.910. The van der Waals surface area contributed by atoms with Crippen LogP contribution >= 0.6 is 15.9 Å². The fourth-order valence-corrected chi connectivity index (χ4v) is 3.07. The van der Waals surface area contributed by atoms with Gasteiger partial charge >= 0.3 is 0 Å². The van der Waals surface area contributed by atoms with Crippen LogP contribution in [0.15, 0.2) is 28.7 Å². The molecule has 1 fully saturated rings. The maximum atomic E-state index is 3.74. The molecule has 19 heavy (non-hydrogen) atoms. The van der Waals surface area contributed by atoms with Gasteiger partial charge in [-0.05, 0) is 70.4 Å². The molecule has 1 aromatic carbocycles. The second kappa shape index (κ2) is 6.38. The Labute approximate surface area is 125 Å². The van der Waals surface area contributed by atoms with Crippen LogP contribution in [0, 0.1) is 5.92 Å². The van der Waals surface area contributed by atoms with Crippen LogP contribution in [-0.4, -0.2) is 31.6 Å². The first kappa shape index (κ1) is 15.0. The van der Waals surface area contributed by atoms with Crippen molar-refractivity contribution in [2.24, 2.45) is 5.92 Å². The zero-order chi connectivity index (χ0) is 13.9. The Morgan fingerprint density at radius 2 is 2.00 bits per heavy atom. The van der Waals surface area contributed by atoms with Crippen LogP contribution in [0.5, 0.6) is 0 Å². The van der Waals surface area contributed by atoms with Crippen LogP contribution in [0.1, 0.15) is 32.3 Å². The van der Waals surface area contributed by atoms with Gasteiger partial charge in [0.15, 0.2) is 0 Å². The largest absolute Gasteiger partial charge is 0.308 e. The zero-order valence-electron chi connectivity index (χ0n) is 12.2. The van der Waals surface area contributed by atoms with Crippen molar-refractivity contribution < 1.29 is 0 Å². The van der Waals surface area contributed by atoms with Crippen LogP contribution in [-0.2, 0) is 5.54 Å². The molecule has 0 aromatic heterocycles. The van der Waals surface area contributed by atoms with Crippen LogP contribution in [0.4, 0.5) is 0 Å². The summed E-state index contributed by atoms with van der Waals surface area (Å²) < 4.78 is 1.14. The number of halogens is 1. The Morgan fingerprint density at radius 3 is 2.63 bits per heavy atom. The summed E-state index contributed by atoms with van der Waals surface area (Å²) in [5.41, 5.74) is 1.39. The van der Waals surface area contributed by atoms with E-state index in [2.05, 4.69) is 71.3 Å². The molecule has 1 atom stereocenters. The molecule has 106 valence electrons. The summed E-state index contributed by atoms with van der Waals surface area (Å²) >= 11 is 3.49. The highest BCUT2D eigenvalue weighted by atomic mass is 79.9. The first-order chi connectivity index (χ1) is 8.97. The molecule has 3 heteroatoms. The molecule has 1 aromatic rings. The van der Waals surface area contributed by atoms with Crippen LogP contribution in [0.3, 0.4) is 0 Å². The molecule has 2 nitrogen and oxygen atoms in total. The summed E-state index contributed by atoms with van der Waals surface area (Å²) in [7, 11) is 2.23. The molecule has 1 heterocycles. The first-order valence-corrected chi connectivity index (χ1v) is 7.96. The highest BCUT2D eigenvalue weighted by Gasteiger charge is 2.23. The molecule has 0 aliphatic carbocycles. The zero-order valence-corrected chi connectivity index (χ0v) is 13.8. The van der Waals surface area contributed by atoms with E-state index >= 15 is 0 Å². The lowest BCUT2D eigenvalue weighted by Crippen LogP contribution is -2.43. The predicted octanol–water partition coefficient (Wildman–Crippen LogP) is 3.62. The van der Waals surface area contributed by atoms with Gasteiger partial charge in [-0.15, -0.1) is 0 Å². The van der Waals surface area contributed by atoms with Gasteiger partial charge in [-0.3, -0.25) is 0 Å². The van der Waals surface area contributed by atoms with E-state index in [-0.39, 0.29) is 5.54 Å². The van der Waals surface area contributed by atoms with Gasteiger partial charge in [0.2, 0.25) is 0 Å². The van der Waals surface area contributed by atoms with Crippen molar-refractivity contribution in [3.05, 3.63) is 34.3 Å². The van der Waals surface area contributed by atoms with Crippen molar-refractivity contribution in [2.45, 2.75) is 32.2 Å². The van der Waals surface area contributed by atoms with E-state index in [4.69, 9.17) is 0 Å².